The van der Waals surface area contributed by atoms with Gasteiger partial charge in [-0.2, -0.15) is 0 Å². The van der Waals surface area contributed by atoms with Gasteiger partial charge in [0.1, 0.15) is 11.5 Å². The number of carbonyl (C=O) groups excluding carboxylic acids is 1. The molecule has 0 aliphatic carbocycles. The van der Waals surface area contributed by atoms with Gasteiger partial charge in [-0.25, -0.2) is 9.18 Å². The average Bonchev–Trinajstić information content (AvgIpc) is 2.86. The first-order valence-electron chi connectivity index (χ1n) is 6.42. The van der Waals surface area contributed by atoms with E-state index in [4.69, 9.17) is 5.73 Å². The first-order valence-corrected chi connectivity index (χ1v) is 6.42. The molecule has 3 aromatic rings. The second-order valence-electron chi connectivity index (χ2n) is 4.81. The van der Waals surface area contributed by atoms with Gasteiger partial charge in [0.25, 0.3) is 5.91 Å². The molecule has 3 rings (SSSR count). The number of nitrogens with two attached hydrogens (primary N) is 1. The molecule has 0 aliphatic rings. The van der Waals surface area contributed by atoms with Crippen molar-refractivity contribution in [3.8, 4) is 11.1 Å². The molecular formula is C16H11FN2O3. The number of carbonyl (C=O) groups is 2. The minimum absolute atomic E-state index is 0.140. The van der Waals surface area contributed by atoms with E-state index in [0.29, 0.717) is 10.9 Å². The number of carboxylic acids is 1. The van der Waals surface area contributed by atoms with E-state index in [1.165, 1.54) is 12.1 Å². The molecule has 0 radical (unpaired) electrons. The van der Waals surface area contributed by atoms with E-state index in [0.717, 1.165) is 11.1 Å². The molecule has 0 saturated carbocycles. The Bertz CT molecular complexity index is 898. The number of fused-ring (bicyclic) bond motifs is 1. The van der Waals surface area contributed by atoms with E-state index in [2.05, 4.69) is 4.98 Å². The van der Waals surface area contributed by atoms with Gasteiger partial charge in [-0.05, 0) is 29.3 Å². The monoisotopic (exact) mass is 298 g/mol. The highest BCUT2D eigenvalue weighted by Gasteiger charge is 2.21. The summed E-state index contributed by atoms with van der Waals surface area (Å²) in [5.41, 5.74) is 6.94. The number of H-pyrrole nitrogens is 1. The van der Waals surface area contributed by atoms with Gasteiger partial charge in [-0.15, -0.1) is 0 Å². The third-order valence-electron chi connectivity index (χ3n) is 3.44. The van der Waals surface area contributed by atoms with Gasteiger partial charge in [0.15, 0.2) is 0 Å². The van der Waals surface area contributed by atoms with Crippen LogP contribution in [0.5, 0.6) is 0 Å². The zero-order chi connectivity index (χ0) is 15.9. The molecule has 1 amide bonds. The van der Waals surface area contributed by atoms with Crippen LogP contribution in [-0.2, 0) is 0 Å². The van der Waals surface area contributed by atoms with Gasteiger partial charge in [0.2, 0.25) is 0 Å². The molecule has 0 spiro atoms. The van der Waals surface area contributed by atoms with Crippen LogP contribution in [0.3, 0.4) is 0 Å². The highest BCUT2D eigenvalue weighted by atomic mass is 19.1. The third kappa shape index (κ3) is 2.20. The number of benzene rings is 2. The second-order valence-corrected chi connectivity index (χ2v) is 4.81. The summed E-state index contributed by atoms with van der Waals surface area (Å²) in [5, 5.41) is 9.64. The van der Waals surface area contributed by atoms with E-state index in [1.807, 2.05) is 0 Å². The van der Waals surface area contributed by atoms with Crippen molar-refractivity contribution in [2.45, 2.75) is 0 Å². The van der Waals surface area contributed by atoms with Crippen LogP contribution in [0.25, 0.3) is 22.0 Å². The number of hydrogen-bond acceptors (Lipinski definition) is 2. The molecule has 1 aromatic heterocycles. The lowest BCUT2D eigenvalue weighted by molar-refractivity contribution is 0.0694. The predicted molar refractivity (Wildman–Crippen MR) is 79.2 cm³/mol. The SMILES string of the molecule is NC(=O)c1[nH]c2cc(-c3ccc(F)cc3)ccc2c1C(=O)O. The molecule has 2 aromatic carbocycles. The Morgan fingerprint density at radius 2 is 1.68 bits per heavy atom. The van der Waals surface area contributed by atoms with Crippen LogP contribution in [0.15, 0.2) is 42.5 Å². The topological polar surface area (TPSA) is 96.2 Å². The number of primary amides is 1. The first-order chi connectivity index (χ1) is 10.5. The molecule has 6 heteroatoms. The number of aromatic nitrogens is 1. The normalized spacial score (nSPS) is 10.8. The Morgan fingerprint density at radius 3 is 2.27 bits per heavy atom. The van der Waals surface area contributed by atoms with Crippen LogP contribution >= 0.6 is 0 Å². The fourth-order valence-electron chi connectivity index (χ4n) is 2.43. The summed E-state index contributed by atoms with van der Waals surface area (Å²) in [6.07, 6.45) is 0. The van der Waals surface area contributed by atoms with Crippen molar-refractivity contribution in [1.29, 1.82) is 0 Å². The van der Waals surface area contributed by atoms with Gasteiger partial charge < -0.3 is 15.8 Å². The zero-order valence-electron chi connectivity index (χ0n) is 11.3. The number of nitrogens with one attached hydrogen (secondary N) is 1. The number of hydrogen-bond donors (Lipinski definition) is 3. The standard InChI is InChI=1S/C16H11FN2O3/c17-10-4-1-8(2-5-10)9-3-6-11-12(7-9)19-14(15(18)20)13(11)16(21)22/h1-7,19H,(H2,18,20)(H,21,22). The van der Waals surface area contributed by atoms with E-state index in [9.17, 15) is 19.1 Å². The Morgan fingerprint density at radius 1 is 1.05 bits per heavy atom. The lowest BCUT2D eigenvalue weighted by atomic mass is 10.0. The molecule has 0 atom stereocenters. The highest BCUT2D eigenvalue weighted by molar-refractivity contribution is 6.13. The quantitative estimate of drug-likeness (QED) is 0.693. The number of aromatic carboxylic acids is 1. The maximum absolute atomic E-state index is 13.0. The minimum atomic E-state index is -1.23. The van der Waals surface area contributed by atoms with Crippen LogP contribution in [-0.4, -0.2) is 22.0 Å². The van der Waals surface area contributed by atoms with Crippen molar-refractivity contribution in [1.82, 2.24) is 4.98 Å². The molecule has 0 saturated heterocycles. The van der Waals surface area contributed by atoms with Gasteiger partial charge in [0, 0.05) is 10.9 Å². The van der Waals surface area contributed by atoms with Crippen molar-refractivity contribution >= 4 is 22.8 Å². The third-order valence-corrected chi connectivity index (χ3v) is 3.44. The van der Waals surface area contributed by atoms with Crippen molar-refractivity contribution < 1.29 is 19.1 Å². The smallest absolute Gasteiger partial charge is 0.338 e. The summed E-state index contributed by atoms with van der Waals surface area (Å²) in [6, 6.07) is 10.9. The lowest BCUT2D eigenvalue weighted by Gasteiger charge is -2.02. The van der Waals surface area contributed by atoms with Crippen LogP contribution in [0.2, 0.25) is 0 Å². The maximum atomic E-state index is 13.0. The maximum Gasteiger partial charge on any atom is 0.338 e. The molecule has 5 nitrogen and oxygen atoms in total. The van der Waals surface area contributed by atoms with Gasteiger partial charge in [0.05, 0.1) is 5.56 Å². The summed E-state index contributed by atoms with van der Waals surface area (Å²) in [5.74, 6) is -2.40. The second kappa shape index (κ2) is 5.00. The Kier molecular flexibility index (Phi) is 3.14. The summed E-state index contributed by atoms with van der Waals surface area (Å²) in [7, 11) is 0. The van der Waals surface area contributed by atoms with Crippen LogP contribution in [0.4, 0.5) is 4.39 Å². The molecule has 0 aliphatic heterocycles. The largest absolute Gasteiger partial charge is 0.478 e. The number of rotatable bonds is 3. The van der Waals surface area contributed by atoms with Gasteiger partial charge in [-0.1, -0.05) is 24.3 Å². The Balaban J connectivity index is 2.20. The summed E-state index contributed by atoms with van der Waals surface area (Å²) in [6.45, 7) is 0. The van der Waals surface area contributed by atoms with Crippen LogP contribution in [0.1, 0.15) is 20.8 Å². The molecule has 0 bridgehead atoms. The molecule has 22 heavy (non-hydrogen) atoms. The predicted octanol–water partition coefficient (Wildman–Crippen LogP) is 2.77. The molecule has 110 valence electrons. The van der Waals surface area contributed by atoms with Crippen molar-refractivity contribution in [2.75, 3.05) is 0 Å². The number of aromatic amines is 1. The summed E-state index contributed by atoms with van der Waals surface area (Å²) < 4.78 is 13.0. The number of amides is 1. The highest BCUT2D eigenvalue weighted by Crippen LogP contribution is 2.28. The average molecular weight is 298 g/mol. The fraction of sp³-hybridized carbons (Fsp3) is 0. The Hall–Kier alpha value is -3.15. The van der Waals surface area contributed by atoms with Gasteiger partial charge >= 0.3 is 5.97 Å². The van der Waals surface area contributed by atoms with Crippen LogP contribution < -0.4 is 5.73 Å². The summed E-state index contributed by atoms with van der Waals surface area (Å²) in [4.78, 5) is 25.4. The molecule has 0 fully saturated rings. The number of carboxylic acid groups (broad SMARTS) is 1. The van der Waals surface area contributed by atoms with E-state index in [1.54, 1.807) is 30.3 Å². The first kappa shape index (κ1) is 13.8. The van der Waals surface area contributed by atoms with Crippen molar-refractivity contribution in [3.63, 3.8) is 0 Å². The van der Waals surface area contributed by atoms with E-state index in [-0.39, 0.29) is 17.1 Å². The van der Waals surface area contributed by atoms with Crippen molar-refractivity contribution in [3.05, 3.63) is 59.5 Å². The van der Waals surface area contributed by atoms with Gasteiger partial charge in [-0.3, -0.25) is 4.79 Å². The molecule has 4 N–H and O–H groups in total. The van der Waals surface area contributed by atoms with E-state index < -0.39 is 11.9 Å². The molecular weight excluding hydrogens is 287 g/mol. The fourth-order valence-corrected chi connectivity index (χ4v) is 2.43. The zero-order valence-corrected chi connectivity index (χ0v) is 11.3. The number of halogens is 1. The summed E-state index contributed by atoms with van der Waals surface area (Å²) >= 11 is 0. The van der Waals surface area contributed by atoms with Crippen LogP contribution in [0, 0.1) is 5.82 Å². The van der Waals surface area contributed by atoms with Crippen molar-refractivity contribution in [2.24, 2.45) is 5.73 Å². The lowest BCUT2D eigenvalue weighted by Crippen LogP contribution is -2.15. The van der Waals surface area contributed by atoms with E-state index >= 15 is 0 Å². The minimum Gasteiger partial charge on any atom is -0.478 e. The molecule has 0 unspecified atom stereocenters. The Labute approximate surface area is 124 Å². The molecule has 1 heterocycles.